The molecule has 9 heteroatoms. The summed E-state index contributed by atoms with van der Waals surface area (Å²) in [5.74, 6) is -7.51. The van der Waals surface area contributed by atoms with E-state index < -0.39 is 46.0 Å². The maximum absolute atomic E-state index is 11.8. The Hall–Kier alpha value is -8.30. The van der Waals surface area contributed by atoms with Crippen molar-refractivity contribution < 1.29 is 45.3 Å². The Morgan fingerprint density at radius 3 is 1.39 bits per heavy atom. The predicted molar refractivity (Wildman–Crippen MR) is 231 cm³/mol. The van der Waals surface area contributed by atoms with Crippen molar-refractivity contribution >= 4 is 75.8 Å². The summed E-state index contributed by atoms with van der Waals surface area (Å²) in [6.07, 6.45) is 0. The molecule has 10 aromatic carbocycles. The predicted octanol–water partition coefficient (Wildman–Crippen LogP) is 12.0. The van der Waals surface area contributed by atoms with Crippen LogP contribution in [0.15, 0.2) is 138 Å². The van der Waals surface area contributed by atoms with E-state index in [1.165, 1.54) is 0 Å². The molecule has 0 atom stereocenters. The third kappa shape index (κ3) is 4.61. The van der Waals surface area contributed by atoms with E-state index in [1.54, 1.807) is 30.3 Å². The van der Waals surface area contributed by atoms with Crippen molar-refractivity contribution in [3.05, 3.63) is 133 Å². The quantitative estimate of drug-likeness (QED) is 0.0376. The number of benzene rings is 10. The summed E-state index contributed by atoms with van der Waals surface area (Å²) in [5, 5.41) is 98.0. The lowest BCUT2D eigenvalue weighted by Gasteiger charge is -2.22. The van der Waals surface area contributed by atoms with Crippen LogP contribution in [-0.2, 0) is 0 Å². The number of hydrogen-bond donors (Lipinski definition) is 8. The van der Waals surface area contributed by atoms with E-state index in [-0.39, 0.29) is 32.7 Å². The molecule has 11 aromatic rings. The van der Waals surface area contributed by atoms with Crippen molar-refractivity contribution in [2.75, 3.05) is 0 Å². The van der Waals surface area contributed by atoms with Gasteiger partial charge in [0.05, 0.1) is 0 Å². The van der Waals surface area contributed by atoms with E-state index in [2.05, 4.69) is 30.3 Å². The van der Waals surface area contributed by atoms with E-state index in [0.29, 0.717) is 27.7 Å². The van der Waals surface area contributed by atoms with Crippen LogP contribution in [0, 0.1) is 0 Å². The number of rotatable bonds is 3. The molecule has 0 aliphatic rings. The van der Waals surface area contributed by atoms with Gasteiger partial charge in [-0.25, -0.2) is 0 Å². The fraction of sp³-hybridized carbons (Fsp3) is 0. The second-order valence-electron chi connectivity index (χ2n) is 14.8. The minimum absolute atomic E-state index is 0.0266. The summed E-state index contributed by atoms with van der Waals surface area (Å²) in [4.78, 5) is 0. The van der Waals surface area contributed by atoms with Crippen LogP contribution in [0.4, 0.5) is 0 Å². The summed E-state index contributed by atoms with van der Waals surface area (Å²) in [7, 11) is 0. The average Bonchev–Trinajstić information content (AvgIpc) is 3.66. The van der Waals surface area contributed by atoms with Crippen molar-refractivity contribution in [1.82, 2.24) is 0 Å². The number of hydrogen-bond acceptors (Lipinski definition) is 9. The van der Waals surface area contributed by atoms with E-state index in [9.17, 15) is 40.9 Å². The van der Waals surface area contributed by atoms with Gasteiger partial charge in [-0.1, -0.05) is 115 Å². The van der Waals surface area contributed by atoms with Gasteiger partial charge in [-0.15, -0.1) is 0 Å². The number of furan rings is 1. The third-order valence-corrected chi connectivity index (χ3v) is 11.7. The van der Waals surface area contributed by atoms with Crippen molar-refractivity contribution in [2.24, 2.45) is 0 Å². The van der Waals surface area contributed by atoms with Gasteiger partial charge in [-0.2, -0.15) is 0 Å². The molecule has 0 aliphatic carbocycles. The van der Waals surface area contributed by atoms with E-state index in [0.717, 1.165) is 48.8 Å². The van der Waals surface area contributed by atoms with Crippen molar-refractivity contribution in [3.8, 4) is 79.4 Å². The summed E-state index contributed by atoms with van der Waals surface area (Å²) in [6.45, 7) is 0. The largest absolute Gasteiger partial charge is 0.504 e. The molecule has 1 aromatic heterocycles. The molecule has 0 saturated carbocycles. The molecule has 1 heterocycles. The summed E-state index contributed by atoms with van der Waals surface area (Å²) >= 11 is 0. The standard InChI is InChI=1S/C50H30O9/c51-43-39-36(26-14-12-25(13-15-26)29-10-5-11-31-28-8-3-1-6-23(28)16-19-32(29)31)40-42(46(54)50(58)48(56)44(40)52)37(41(39)45(53)49(57)47(43)55)27-18-20-34-33(22-27)38-30-9-4-2-7-24(30)17-21-35(38)59-34/h1-22,51-58H. The van der Waals surface area contributed by atoms with E-state index >= 15 is 0 Å². The molecule has 0 bridgehead atoms. The first-order valence-corrected chi connectivity index (χ1v) is 18.7. The van der Waals surface area contributed by atoms with Gasteiger partial charge in [-0.05, 0) is 72.8 Å². The zero-order valence-corrected chi connectivity index (χ0v) is 30.7. The second kappa shape index (κ2) is 12.1. The van der Waals surface area contributed by atoms with Crippen LogP contribution in [0.1, 0.15) is 0 Å². The molecule has 59 heavy (non-hydrogen) atoms. The van der Waals surface area contributed by atoms with E-state index in [1.807, 2.05) is 72.8 Å². The monoisotopic (exact) mass is 774 g/mol. The van der Waals surface area contributed by atoms with Crippen LogP contribution in [0.2, 0.25) is 0 Å². The van der Waals surface area contributed by atoms with Gasteiger partial charge in [0, 0.05) is 43.4 Å². The van der Waals surface area contributed by atoms with Gasteiger partial charge in [0.15, 0.2) is 23.0 Å². The molecule has 9 nitrogen and oxygen atoms in total. The molecule has 0 spiro atoms. The van der Waals surface area contributed by atoms with Crippen LogP contribution < -0.4 is 0 Å². The number of phenolic OH excluding ortho intramolecular Hbond substituents is 8. The number of fused-ring (bicyclic) bond motifs is 10. The van der Waals surface area contributed by atoms with Crippen LogP contribution in [0.25, 0.3) is 109 Å². The minimum Gasteiger partial charge on any atom is -0.504 e. The number of phenols is 8. The van der Waals surface area contributed by atoms with Crippen molar-refractivity contribution in [2.45, 2.75) is 0 Å². The van der Waals surface area contributed by atoms with Crippen LogP contribution >= 0.6 is 0 Å². The topological polar surface area (TPSA) is 175 Å². The third-order valence-electron chi connectivity index (χ3n) is 11.7. The highest BCUT2D eigenvalue weighted by atomic mass is 16.4. The summed E-state index contributed by atoms with van der Waals surface area (Å²) < 4.78 is 6.22. The molecular weight excluding hydrogens is 745 g/mol. The SMILES string of the molecule is Oc1c(O)c(O)c2c(-c3ccc4oc5ccc6ccccc6c5c4c3)c3c(O)c(O)c(O)c(O)c3c(-c3ccc(-c4cccc5c4ccc4ccccc45)cc3)c2c1O. The lowest BCUT2D eigenvalue weighted by Crippen LogP contribution is -1.95. The maximum Gasteiger partial charge on any atom is 0.204 e. The Morgan fingerprint density at radius 2 is 0.763 bits per heavy atom. The minimum atomic E-state index is -1.03. The maximum atomic E-state index is 11.8. The Labute approximate surface area is 333 Å². The van der Waals surface area contributed by atoms with Crippen LogP contribution in [-0.4, -0.2) is 40.9 Å². The zero-order valence-electron chi connectivity index (χ0n) is 30.7. The van der Waals surface area contributed by atoms with Gasteiger partial charge >= 0.3 is 0 Å². The van der Waals surface area contributed by atoms with Crippen LogP contribution in [0.5, 0.6) is 46.0 Å². The Bertz CT molecular complexity index is 3560. The highest BCUT2D eigenvalue weighted by Gasteiger charge is 2.32. The first-order valence-electron chi connectivity index (χ1n) is 18.7. The molecule has 284 valence electrons. The molecule has 0 amide bonds. The lowest BCUT2D eigenvalue weighted by atomic mass is 9.83. The smallest absolute Gasteiger partial charge is 0.204 e. The average molecular weight is 775 g/mol. The normalized spacial score (nSPS) is 11.9. The van der Waals surface area contributed by atoms with Crippen molar-refractivity contribution in [1.29, 1.82) is 0 Å². The molecule has 11 rings (SSSR count). The summed E-state index contributed by atoms with van der Waals surface area (Å²) in [5.41, 5.74) is 3.44. The first kappa shape index (κ1) is 34.0. The Kier molecular flexibility index (Phi) is 6.97. The second-order valence-corrected chi connectivity index (χ2v) is 14.8. The molecular formula is C50H30O9. The zero-order chi connectivity index (χ0) is 40.4. The molecule has 0 fully saturated rings. The summed E-state index contributed by atoms with van der Waals surface area (Å²) in [6, 6.07) is 42.0. The van der Waals surface area contributed by atoms with Gasteiger partial charge in [0.2, 0.25) is 23.0 Å². The highest BCUT2D eigenvalue weighted by molar-refractivity contribution is 6.30. The number of aromatic hydroxyl groups is 8. The molecule has 8 N–H and O–H groups in total. The molecule has 0 radical (unpaired) electrons. The Balaban J connectivity index is 1.24. The molecule has 0 aliphatic heterocycles. The van der Waals surface area contributed by atoms with Gasteiger partial charge < -0.3 is 45.3 Å². The van der Waals surface area contributed by atoms with Gasteiger partial charge in [-0.3, -0.25) is 0 Å². The molecule has 0 unspecified atom stereocenters. The Morgan fingerprint density at radius 1 is 0.288 bits per heavy atom. The van der Waals surface area contributed by atoms with Gasteiger partial charge in [0.1, 0.15) is 11.2 Å². The fourth-order valence-corrected chi connectivity index (χ4v) is 9.01. The lowest BCUT2D eigenvalue weighted by molar-refractivity contribution is 0.350. The first-order chi connectivity index (χ1) is 28.6. The highest BCUT2D eigenvalue weighted by Crippen LogP contribution is 2.62. The van der Waals surface area contributed by atoms with Gasteiger partial charge in [0.25, 0.3) is 0 Å². The van der Waals surface area contributed by atoms with E-state index in [4.69, 9.17) is 4.42 Å². The van der Waals surface area contributed by atoms with Crippen molar-refractivity contribution in [3.63, 3.8) is 0 Å². The molecule has 0 saturated heterocycles. The fourth-order valence-electron chi connectivity index (χ4n) is 9.01. The van der Waals surface area contributed by atoms with Crippen LogP contribution in [0.3, 0.4) is 0 Å².